The second-order valence-corrected chi connectivity index (χ2v) is 6.20. The highest BCUT2D eigenvalue weighted by molar-refractivity contribution is 6.05. The van der Waals surface area contributed by atoms with Crippen molar-refractivity contribution in [1.82, 2.24) is 10.8 Å². The van der Waals surface area contributed by atoms with Crippen molar-refractivity contribution in [2.24, 2.45) is 0 Å². The number of halogens is 1. The summed E-state index contributed by atoms with van der Waals surface area (Å²) in [4.78, 5) is 29.5. The summed E-state index contributed by atoms with van der Waals surface area (Å²) < 4.78 is 14.2. The van der Waals surface area contributed by atoms with Gasteiger partial charge in [0.2, 0.25) is 0 Å². The number of hydroxylamine groups is 1. The number of benzene rings is 2. The SMILES string of the molecule is Cc1ccc(Nc2cc3c(cc2C(=O)NOCCCO)CNC3=O)c(F)c1. The van der Waals surface area contributed by atoms with Crippen LogP contribution in [-0.2, 0) is 11.4 Å². The Balaban J connectivity index is 1.91. The molecular formula is C19H20FN3O4. The first kappa shape index (κ1) is 18.8. The Bertz CT molecular complexity index is 885. The monoisotopic (exact) mass is 373 g/mol. The molecule has 8 heteroatoms. The lowest BCUT2D eigenvalue weighted by Gasteiger charge is -2.15. The first-order valence-corrected chi connectivity index (χ1v) is 8.51. The Labute approximate surface area is 155 Å². The molecule has 0 aliphatic carbocycles. The third kappa shape index (κ3) is 4.24. The van der Waals surface area contributed by atoms with Crippen LogP contribution in [0, 0.1) is 12.7 Å². The minimum Gasteiger partial charge on any atom is -0.396 e. The zero-order valence-corrected chi connectivity index (χ0v) is 14.8. The third-order valence-electron chi connectivity index (χ3n) is 4.14. The quantitative estimate of drug-likeness (QED) is 0.440. The maximum Gasteiger partial charge on any atom is 0.276 e. The largest absolute Gasteiger partial charge is 0.396 e. The van der Waals surface area contributed by atoms with Gasteiger partial charge in [-0.3, -0.25) is 14.4 Å². The van der Waals surface area contributed by atoms with Crippen LogP contribution in [0.3, 0.4) is 0 Å². The van der Waals surface area contributed by atoms with Crippen molar-refractivity contribution in [3.63, 3.8) is 0 Å². The van der Waals surface area contributed by atoms with E-state index < -0.39 is 11.7 Å². The molecule has 1 heterocycles. The van der Waals surface area contributed by atoms with Gasteiger partial charge in [-0.2, -0.15) is 0 Å². The van der Waals surface area contributed by atoms with Crippen molar-refractivity contribution < 1.29 is 23.9 Å². The number of amides is 2. The van der Waals surface area contributed by atoms with Crippen LogP contribution < -0.4 is 16.1 Å². The number of aryl methyl sites for hydroxylation is 1. The molecule has 0 spiro atoms. The Hall–Kier alpha value is -2.97. The summed E-state index contributed by atoms with van der Waals surface area (Å²) in [6.45, 7) is 2.19. The number of carbonyl (C=O) groups is 2. The third-order valence-corrected chi connectivity index (χ3v) is 4.14. The molecule has 0 aromatic heterocycles. The summed E-state index contributed by atoms with van der Waals surface area (Å²) >= 11 is 0. The molecule has 2 amide bonds. The number of aliphatic hydroxyl groups is 1. The zero-order valence-electron chi connectivity index (χ0n) is 14.8. The van der Waals surface area contributed by atoms with Crippen LogP contribution in [0.1, 0.15) is 38.3 Å². The lowest BCUT2D eigenvalue weighted by atomic mass is 10.0. The van der Waals surface area contributed by atoms with Crippen LogP contribution in [0.2, 0.25) is 0 Å². The molecule has 142 valence electrons. The highest BCUT2D eigenvalue weighted by Gasteiger charge is 2.24. The van der Waals surface area contributed by atoms with Crippen LogP contribution in [0.25, 0.3) is 0 Å². The first-order chi connectivity index (χ1) is 13.0. The fourth-order valence-corrected chi connectivity index (χ4v) is 2.74. The average molecular weight is 373 g/mol. The number of anilines is 2. The van der Waals surface area contributed by atoms with Crippen LogP contribution in [0.5, 0.6) is 0 Å². The Morgan fingerprint density at radius 3 is 2.85 bits per heavy atom. The van der Waals surface area contributed by atoms with Gasteiger partial charge in [0.05, 0.1) is 23.5 Å². The Morgan fingerprint density at radius 1 is 1.30 bits per heavy atom. The van der Waals surface area contributed by atoms with Crippen molar-refractivity contribution in [3.8, 4) is 0 Å². The molecule has 0 unspecified atom stereocenters. The fourth-order valence-electron chi connectivity index (χ4n) is 2.74. The molecule has 0 radical (unpaired) electrons. The molecule has 1 aliphatic heterocycles. The van der Waals surface area contributed by atoms with E-state index in [1.165, 1.54) is 12.1 Å². The standard InChI is InChI=1S/C19H20FN3O4/c1-11-3-4-16(15(20)7-11)22-17-9-13-12(10-21-18(13)25)8-14(17)19(26)23-27-6-2-5-24/h3-4,7-9,22,24H,2,5-6,10H2,1H3,(H,21,25)(H,23,26). The normalized spacial score (nSPS) is 12.5. The number of fused-ring (bicyclic) bond motifs is 1. The second kappa shape index (κ2) is 8.15. The van der Waals surface area contributed by atoms with Gasteiger partial charge in [-0.15, -0.1) is 0 Å². The molecular weight excluding hydrogens is 353 g/mol. The zero-order chi connectivity index (χ0) is 19.4. The van der Waals surface area contributed by atoms with Crippen molar-refractivity contribution in [1.29, 1.82) is 0 Å². The Kier molecular flexibility index (Phi) is 5.68. The molecule has 0 saturated carbocycles. The minimum absolute atomic E-state index is 0.0536. The predicted molar refractivity (Wildman–Crippen MR) is 97.2 cm³/mol. The van der Waals surface area contributed by atoms with Crippen molar-refractivity contribution in [3.05, 3.63) is 58.4 Å². The molecule has 0 fully saturated rings. The first-order valence-electron chi connectivity index (χ1n) is 8.51. The second-order valence-electron chi connectivity index (χ2n) is 6.20. The maximum absolute atomic E-state index is 14.2. The van der Waals surface area contributed by atoms with Crippen molar-refractivity contribution in [2.45, 2.75) is 19.9 Å². The van der Waals surface area contributed by atoms with E-state index in [9.17, 15) is 14.0 Å². The van der Waals surface area contributed by atoms with E-state index in [0.29, 0.717) is 24.1 Å². The van der Waals surface area contributed by atoms with Gasteiger partial charge in [0.1, 0.15) is 5.82 Å². The molecule has 4 N–H and O–H groups in total. The summed E-state index contributed by atoms with van der Waals surface area (Å²) in [6, 6.07) is 7.78. The predicted octanol–water partition coefficient (Wildman–Crippen LogP) is 2.16. The number of nitrogens with one attached hydrogen (secondary N) is 3. The number of hydrogen-bond acceptors (Lipinski definition) is 5. The minimum atomic E-state index is -0.537. The maximum atomic E-state index is 14.2. The molecule has 1 aliphatic rings. The number of carbonyl (C=O) groups excluding carboxylic acids is 2. The molecule has 0 atom stereocenters. The lowest BCUT2D eigenvalue weighted by Crippen LogP contribution is -2.25. The van der Waals surface area contributed by atoms with Gasteiger partial charge < -0.3 is 15.7 Å². The van der Waals surface area contributed by atoms with Crippen LogP contribution in [0.4, 0.5) is 15.8 Å². The lowest BCUT2D eigenvalue weighted by molar-refractivity contribution is 0.0262. The fraction of sp³-hybridized carbons (Fsp3) is 0.263. The van der Waals surface area contributed by atoms with Crippen LogP contribution in [0.15, 0.2) is 30.3 Å². The average Bonchev–Trinajstić information content (AvgIpc) is 3.00. The van der Waals surface area contributed by atoms with Gasteiger partial charge in [-0.25, -0.2) is 9.87 Å². The van der Waals surface area contributed by atoms with E-state index in [1.54, 1.807) is 25.1 Å². The summed E-state index contributed by atoms with van der Waals surface area (Å²) in [5.41, 5.74) is 4.87. The van der Waals surface area contributed by atoms with Gasteiger partial charge in [-0.05, 0) is 48.7 Å². The van der Waals surface area contributed by atoms with Gasteiger partial charge in [0.15, 0.2) is 0 Å². The van der Waals surface area contributed by atoms with Gasteiger partial charge >= 0.3 is 0 Å². The Morgan fingerprint density at radius 2 is 2.11 bits per heavy atom. The molecule has 3 rings (SSSR count). The summed E-state index contributed by atoms with van der Waals surface area (Å²) in [7, 11) is 0. The smallest absolute Gasteiger partial charge is 0.276 e. The van der Waals surface area contributed by atoms with E-state index in [-0.39, 0.29) is 36.1 Å². The molecule has 2 aromatic rings. The highest BCUT2D eigenvalue weighted by Crippen LogP contribution is 2.29. The number of rotatable bonds is 7. The number of aliphatic hydroxyl groups excluding tert-OH is 1. The van der Waals surface area contributed by atoms with E-state index in [4.69, 9.17) is 9.94 Å². The van der Waals surface area contributed by atoms with E-state index in [2.05, 4.69) is 16.1 Å². The molecule has 2 aromatic carbocycles. The van der Waals surface area contributed by atoms with Gasteiger partial charge in [0.25, 0.3) is 11.8 Å². The van der Waals surface area contributed by atoms with E-state index in [0.717, 1.165) is 5.56 Å². The van der Waals surface area contributed by atoms with Gasteiger partial charge in [0, 0.05) is 18.7 Å². The molecule has 0 bridgehead atoms. The van der Waals surface area contributed by atoms with Crippen molar-refractivity contribution in [2.75, 3.05) is 18.5 Å². The van der Waals surface area contributed by atoms with Gasteiger partial charge in [-0.1, -0.05) is 6.07 Å². The topological polar surface area (TPSA) is 99.7 Å². The molecule has 7 nitrogen and oxygen atoms in total. The van der Waals surface area contributed by atoms with Crippen molar-refractivity contribution >= 4 is 23.2 Å². The molecule has 0 saturated heterocycles. The highest BCUT2D eigenvalue weighted by atomic mass is 19.1. The van der Waals surface area contributed by atoms with E-state index in [1.807, 2.05) is 0 Å². The summed E-state index contributed by atoms with van der Waals surface area (Å²) in [5, 5.41) is 14.3. The summed E-state index contributed by atoms with van der Waals surface area (Å²) in [6.07, 6.45) is 0.378. The van der Waals surface area contributed by atoms with E-state index >= 15 is 0 Å². The van der Waals surface area contributed by atoms with Crippen LogP contribution >= 0.6 is 0 Å². The number of hydrogen-bond donors (Lipinski definition) is 4. The molecule has 27 heavy (non-hydrogen) atoms. The summed E-state index contributed by atoms with van der Waals surface area (Å²) in [5.74, 6) is -1.25. The van der Waals surface area contributed by atoms with Crippen LogP contribution in [-0.4, -0.2) is 30.1 Å².